The molecule has 1 aromatic heterocycles. The Morgan fingerprint density at radius 1 is 1.15 bits per heavy atom. The van der Waals surface area contributed by atoms with Gasteiger partial charge in [0.1, 0.15) is 5.75 Å². The Morgan fingerprint density at radius 2 is 1.88 bits per heavy atom. The molecule has 1 N–H and O–H groups in total. The molecule has 6 nitrogen and oxygen atoms in total. The topological polar surface area (TPSA) is 71.8 Å². The van der Waals surface area contributed by atoms with Crippen LogP contribution in [-0.4, -0.2) is 36.4 Å². The van der Waals surface area contributed by atoms with E-state index in [-0.39, 0.29) is 34.9 Å². The van der Waals surface area contributed by atoms with Crippen LogP contribution in [-0.2, 0) is 4.79 Å². The lowest BCUT2D eigenvalue weighted by Gasteiger charge is -2.30. The molecule has 1 aliphatic rings. The van der Waals surface area contributed by atoms with Gasteiger partial charge in [0, 0.05) is 19.0 Å². The Labute approximate surface area is 148 Å². The van der Waals surface area contributed by atoms with Gasteiger partial charge in [-0.2, -0.15) is 8.78 Å². The van der Waals surface area contributed by atoms with E-state index in [1.165, 1.54) is 18.4 Å². The second kappa shape index (κ2) is 7.99. The van der Waals surface area contributed by atoms with Crippen molar-refractivity contribution in [3.8, 4) is 5.75 Å². The van der Waals surface area contributed by atoms with Gasteiger partial charge in [-0.1, -0.05) is 12.1 Å². The number of amides is 2. The summed E-state index contributed by atoms with van der Waals surface area (Å²) in [5, 5.41) is 2.64. The Morgan fingerprint density at radius 3 is 2.54 bits per heavy atom. The van der Waals surface area contributed by atoms with Crippen LogP contribution < -0.4 is 10.1 Å². The number of hydrogen-bond donors (Lipinski definition) is 1. The monoisotopic (exact) mass is 364 g/mol. The number of furan rings is 1. The van der Waals surface area contributed by atoms with Gasteiger partial charge in [-0.25, -0.2) is 0 Å². The first-order valence-corrected chi connectivity index (χ1v) is 8.22. The largest absolute Gasteiger partial charge is 0.459 e. The van der Waals surface area contributed by atoms with Crippen LogP contribution in [0.1, 0.15) is 23.4 Å². The number of alkyl halides is 2. The second-order valence-corrected chi connectivity index (χ2v) is 5.91. The summed E-state index contributed by atoms with van der Waals surface area (Å²) in [6.07, 6.45) is 2.40. The predicted octanol–water partition coefficient (Wildman–Crippen LogP) is 3.37. The van der Waals surface area contributed by atoms with Gasteiger partial charge in [0.2, 0.25) is 5.91 Å². The zero-order chi connectivity index (χ0) is 18.5. The number of nitrogens with zero attached hydrogens (tertiary/aromatic N) is 1. The number of likely N-dealkylation sites (tertiary alicyclic amines) is 1. The van der Waals surface area contributed by atoms with Gasteiger partial charge in [0.15, 0.2) is 5.76 Å². The van der Waals surface area contributed by atoms with E-state index in [0.717, 1.165) is 0 Å². The number of carbonyl (C=O) groups excluding carboxylic acids is 2. The van der Waals surface area contributed by atoms with Crippen LogP contribution in [0.15, 0.2) is 47.1 Å². The lowest BCUT2D eigenvalue weighted by Crippen LogP contribution is -2.41. The summed E-state index contributed by atoms with van der Waals surface area (Å²) in [4.78, 5) is 26.3. The summed E-state index contributed by atoms with van der Waals surface area (Å²) in [5.74, 6) is -0.604. The molecule has 8 heteroatoms. The SMILES string of the molecule is O=C(Nc1ccccc1OC(F)F)C1CCN(C(=O)c2ccco2)CC1. The summed E-state index contributed by atoms with van der Waals surface area (Å²) in [7, 11) is 0. The number of ether oxygens (including phenoxy) is 1. The molecule has 138 valence electrons. The zero-order valence-electron chi connectivity index (χ0n) is 13.9. The van der Waals surface area contributed by atoms with Crippen molar-refractivity contribution in [1.82, 2.24) is 4.90 Å². The molecule has 1 fully saturated rings. The van der Waals surface area contributed by atoms with Gasteiger partial charge >= 0.3 is 6.61 Å². The van der Waals surface area contributed by atoms with E-state index in [2.05, 4.69) is 10.1 Å². The number of hydrogen-bond acceptors (Lipinski definition) is 4. The van der Waals surface area contributed by atoms with Crippen molar-refractivity contribution in [2.45, 2.75) is 19.5 Å². The van der Waals surface area contributed by atoms with E-state index in [1.807, 2.05) is 0 Å². The van der Waals surface area contributed by atoms with Gasteiger partial charge < -0.3 is 19.4 Å². The molecule has 2 amide bonds. The highest BCUT2D eigenvalue weighted by Crippen LogP contribution is 2.27. The Balaban J connectivity index is 1.57. The van der Waals surface area contributed by atoms with E-state index in [9.17, 15) is 18.4 Å². The van der Waals surface area contributed by atoms with Crippen LogP contribution in [0.4, 0.5) is 14.5 Å². The first kappa shape index (κ1) is 17.9. The molecule has 0 aliphatic carbocycles. The molecule has 26 heavy (non-hydrogen) atoms. The highest BCUT2D eigenvalue weighted by molar-refractivity contribution is 5.95. The van der Waals surface area contributed by atoms with Gasteiger partial charge in [-0.05, 0) is 37.1 Å². The fraction of sp³-hybridized carbons (Fsp3) is 0.333. The quantitative estimate of drug-likeness (QED) is 0.883. The third-order valence-electron chi connectivity index (χ3n) is 4.25. The third-order valence-corrected chi connectivity index (χ3v) is 4.25. The highest BCUT2D eigenvalue weighted by Gasteiger charge is 2.29. The van der Waals surface area contributed by atoms with Gasteiger partial charge in [0.25, 0.3) is 5.91 Å². The number of carbonyl (C=O) groups is 2. The summed E-state index contributed by atoms with van der Waals surface area (Å²) in [6.45, 7) is -2.12. The zero-order valence-corrected chi connectivity index (χ0v) is 13.9. The van der Waals surface area contributed by atoms with Crippen LogP contribution in [0.3, 0.4) is 0 Å². The normalized spacial score (nSPS) is 15.1. The van der Waals surface area contributed by atoms with E-state index < -0.39 is 6.61 Å². The molecule has 0 saturated carbocycles. The lowest BCUT2D eigenvalue weighted by atomic mass is 9.95. The minimum absolute atomic E-state index is 0.0821. The van der Waals surface area contributed by atoms with Crippen molar-refractivity contribution in [2.75, 3.05) is 18.4 Å². The van der Waals surface area contributed by atoms with Crippen LogP contribution >= 0.6 is 0 Å². The van der Waals surface area contributed by atoms with Crippen molar-refractivity contribution in [3.63, 3.8) is 0 Å². The van der Waals surface area contributed by atoms with E-state index in [4.69, 9.17) is 4.42 Å². The third kappa shape index (κ3) is 4.19. The molecule has 0 unspecified atom stereocenters. The first-order chi connectivity index (χ1) is 12.5. The molecule has 1 aliphatic heterocycles. The molecule has 2 heterocycles. The Hall–Kier alpha value is -2.90. The molecule has 1 aromatic carbocycles. The molecule has 1 saturated heterocycles. The number of rotatable bonds is 5. The van der Waals surface area contributed by atoms with Crippen LogP contribution in [0, 0.1) is 5.92 Å². The van der Waals surface area contributed by atoms with Crippen molar-refractivity contribution in [2.24, 2.45) is 5.92 Å². The highest BCUT2D eigenvalue weighted by atomic mass is 19.3. The van der Waals surface area contributed by atoms with Crippen LogP contribution in [0.25, 0.3) is 0 Å². The minimum atomic E-state index is -2.97. The van der Waals surface area contributed by atoms with Crippen molar-refractivity contribution in [1.29, 1.82) is 0 Å². The minimum Gasteiger partial charge on any atom is -0.459 e. The maximum absolute atomic E-state index is 12.4. The summed E-state index contributed by atoms with van der Waals surface area (Å²) in [6, 6.07) is 9.29. The number of anilines is 1. The summed E-state index contributed by atoms with van der Waals surface area (Å²) in [5.41, 5.74) is 0.201. The van der Waals surface area contributed by atoms with Gasteiger partial charge in [0.05, 0.1) is 12.0 Å². The number of halogens is 2. The molecule has 0 bridgehead atoms. The number of nitrogens with one attached hydrogen (secondary N) is 1. The molecule has 0 atom stereocenters. The van der Waals surface area contributed by atoms with Crippen LogP contribution in [0.2, 0.25) is 0 Å². The Kier molecular flexibility index (Phi) is 5.50. The average Bonchev–Trinajstić information content (AvgIpc) is 3.17. The fourth-order valence-corrected chi connectivity index (χ4v) is 2.90. The van der Waals surface area contributed by atoms with Crippen LogP contribution in [0.5, 0.6) is 5.75 Å². The summed E-state index contributed by atoms with van der Waals surface area (Å²) < 4.78 is 34.4. The first-order valence-electron chi connectivity index (χ1n) is 8.22. The molecule has 2 aromatic rings. The number of benzene rings is 1. The number of para-hydroxylation sites is 2. The average molecular weight is 364 g/mol. The maximum Gasteiger partial charge on any atom is 0.387 e. The van der Waals surface area contributed by atoms with Crippen molar-refractivity contribution in [3.05, 3.63) is 48.4 Å². The van der Waals surface area contributed by atoms with Gasteiger partial charge in [-0.15, -0.1) is 0 Å². The molecule has 0 radical (unpaired) electrons. The maximum atomic E-state index is 12.4. The molecule has 3 rings (SSSR count). The lowest BCUT2D eigenvalue weighted by molar-refractivity contribution is -0.121. The van der Waals surface area contributed by atoms with E-state index >= 15 is 0 Å². The van der Waals surface area contributed by atoms with E-state index in [0.29, 0.717) is 25.9 Å². The Bertz CT molecular complexity index is 756. The number of piperidine rings is 1. The van der Waals surface area contributed by atoms with Gasteiger partial charge in [-0.3, -0.25) is 9.59 Å². The fourth-order valence-electron chi connectivity index (χ4n) is 2.90. The predicted molar refractivity (Wildman–Crippen MR) is 89.0 cm³/mol. The van der Waals surface area contributed by atoms with E-state index in [1.54, 1.807) is 29.2 Å². The van der Waals surface area contributed by atoms with Crippen molar-refractivity contribution < 1.29 is 27.5 Å². The smallest absolute Gasteiger partial charge is 0.387 e. The summed E-state index contributed by atoms with van der Waals surface area (Å²) >= 11 is 0. The van der Waals surface area contributed by atoms with Crippen molar-refractivity contribution >= 4 is 17.5 Å². The molecule has 0 spiro atoms. The molecular weight excluding hydrogens is 346 g/mol. The second-order valence-electron chi connectivity index (χ2n) is 5.91. The molecular formula is C18H18F2N2O4. The standard InChI is InChI=1S/C18H18F2N2O4/c19-18(20)26-14-5-2-1-4-13(14)21-16(23)12-7-9-22(10-8-12)17(24)15-6-3-11-25-15/h1-6,11-12,18H,7-10H2,(H,21,23).